The highest BCUT2D eigenvalue weighted by Crippen LogP contribution is 2.28. The fourth-order valence-corrected chi connectivity index (χ4v) is 3.56. The normalized spacial score (nSPS) is 12.9. The first-order valence-electron chi connectivity index (χ1n) is 7.70. The first kappa shape index (κ1) is 17.5. The summed E-state index contributed by atoms with van der Waals surface area (Å²) >= 11 is 5.35. The maximum atomic E-state index is 11.7. The zero-order chi connectivity index (χ0) is 18.0. The SMILES string of the molecule is COc1ccc(S(C)(=O)=O)cc1NC(=S)Nc1ccc2c(c1)CCN2. The van der Waals surface area contributed by atoms with Crippen molar-refractivity contribution in [3.63, 3.8) is 0 Å². The lowest BCUT2D eigenvalue weighted by Crippen LogP contribution is -2.19. The van der Waals surface area contributed by atoms with E-state index in [1.165, 1.54) is 24.8 Å². The predicted molar refractivity (Wildman–Crippen MR) is 105 cm³/mol. The third-order valence-electron chi connectivity index (χ3n) is 3.92. The minimum Gasteiger partial charge on any atom is -0.495 e. The zero-order valence-electron chi connectivity index (χ0n) is 13.9. The molecule has 0 saturated heterocycles. The van der Waals surface area contributed by atoms with E-state index in [9.17, 15) is 8.42 Å². The van der Waals surface area contributed by atoms with Crippen molar-refractivity contribution in [1.29, 1.82) is 0 Å². The highest BCUT2D eigenvalue weighted by Gasteiger charge is 2.14. The summed E-state index contributed by atoms with van der Waals surface area (Å²) in [7, 11) is -1.80. The van der Waals surface area contributed by atoms with Gasteiger partial charge in [0.2, 0.25) is 0 Å². The molecule has 0 amide bonds. The highest BCUT2D eigenvalue weighted by atomic mass is 32.2. The van der Waals surface area contributed by atoms with Crippen molar-refractivity contribution in [2.45, 2.75) is 11.3 Å². The van der Waals surface area contributed by atoms with Crippen LogP contribution in [0.25, 0.3) is 0 Å². The van der Waals surface area contributed by atoms with E-state index in [0.29, 0.717) is 16.5 Å². The van der Waals surface area contributed by atoms with Gasteiger partial charge in [0.05, 0.1) is 17.7 Å². The number of fused-ring (bicyclic) bond motifs is 1. The van der Waals surface area contributed by atoms with Crippen LogP contribution in [0.5, 0.6) is 5.75 Å². The predicted octanol–water partition coefficient (Wildman–Crippen LogP) is 2.88. The third kappa shape index (κ3) is 4.02. The Kier molecular flexibility index (Phi) is 4.82. The first-order chi connectivity index (χ1) is 11.9. The number of hydrogen-bond acceptors (Lipinski definition) is 5. The maximum Gasteiger partial charge on any atom is 0.175 e. The van der Waals surface area contributed by atoms with Gasteiger partial charge in [-0.1, -0.05) is 0 Å². The van der Waals surface area contributed by atoms with E-state index in [-0.39, 0.29) is 4.90 Å². The quantitative estimate of drug-likeness (QED) is 0.707. The Labute approximate surface area is 152 Å². The van der Waals surface area contributed by atoms with Gasteiger partial charge in [-0.3, -0.25) is 0 Å². The average molecular weight is 377 g/mol. The second-order valence-corrected chi connectivity index (χ2v) is 8.19. The summed E-state index contributed by atoms with van der Waals surface area (Å²) in [5.41, 5.74) is 3.75. The number of benzene rings is 2. The Bertz CT molecular complexity index is 927. The maximum absolute atomic E-state index is 11.7. The second-order valence-electron chi connectivity index (χ2n) is 5.76. The molecule has 8 heteroatoms. The van der Waals surface area contributed by atoms with Crippen LogP contribution in [0.2, 0.25) is 0 Å². The van der Waals surface area contributed by atoms with E-state index in [2.05, 4.69) is 16.0 Å². The van der Waals surface area contributed by atoms with Gasteiger partial charge >= 0.3 is 0 Å². The Morgan fingerprint density at radius 2 is 2.00 bits per heavy atom. The molecule has 0 aliphatic carbocycles. The second kappa shape index (κ2) is 6.89. The van der Waals surface area contributed by atoms with Gasteiger partial charge in [0.15, 0.2) is 14.9 Å². The molecule has 3 rings (SSSR count). The fourth-order valence-electron chi connectivity index (χ4n) is 2.68. The van der Waals surface area contributed by atoms with E-state index in [4.69, 9.17) is 17.0 Å². The Hall–Kier alpha value is -2.32. The molecule has 6 nitrogen and oxygen atoms in total. The topological polar surface area (TPSA) is 79.5 Å². The lowest BCUT2D eigenvalue weighted by molar-refractivity contribution is 0.416. The van der Waals surface area contributed by atoms with E-state index in [1.54, 1.807) is 6.07 Å². The summed E-state index contributed by atoms with van der Waals surface area (Å²) in [5.74, 6) is 0.509. The molecule has 25 heavy (non-hydrogen) atoms. The van der Waals surface area contributed by atoms with Crippen LogP contribution in [0.1, 0.15) is 5.56 Å². The van der Waals surface area contributed by atoms with Crippen molar-refractivity contribution < 1.29 is 13.2 Å². The van der Waals surface area contributed by atoms with Crippen LogP contribution in [0.15, 0.2) is 41.3 Å². The van der Waals surface area contributed by atoms with Crippen LogP contribution in [0.4, 0.5) is 17.1 Å². The van der Waals surface area contributed by atoms with Crippen LogP contribution in [-0.4, -0.2) is 33.4 Å². The zero-order valence-corrected chi connectivity index (χ0v) is 15.6. The van der Waals surface area contributed by atoms with Crippen molar-refractivity contribution in [3.8, 4) is 5.75 Å². The molecule has 1 heterocycles. The number of rotatable bonds is 4. The molecule has 0 unspecified atom stereocenters. The molecule has 2 aromatic carbocycles. The summed E-state index contributed by atoms with van der Waals surface area (Å²) in [6.07, 6.45) is 2.14. The molecule has 0 radical (unpaired) electrons. The Morgan fingerprint density at radius 1 is 1.20 bits per heavy atom. The van der Waals surface area contributed by atoms with Crippen molar-refractivity contribution in [1.82, 2.24) is 0 Å². The van der Waals surface area contributed by atoms with Gasteiger partial charge in [-0.25, -0.2) is 8.42 Å². The van der Waals surface area contributed by atoms with Gasteiger partial charge in [-0.15, -0.1) is 0 Å². The lowest BCUT2D eigenvalue weighted by Gasteiger charge is -2.15. The van der Waals surface area contributed by atoms with Gasteiger partial charge in [0, 0.05) is 24.2 Å². The monoisotopic (exact) mass is 377 g/mol. The van der Waals surface area contributed by atoms with Crippen molar-refractivity contribution in [3.05, 3.63) is 42.0 Å². The Morgan fingerprint density at radius 3 is 2.72 bits per heavy atom. The van der Waals surface area contributed by atoms with Crippen molar-refractivity contribution in [2.75, 3.05) is 35.9 Å². The molecule has 2 aromatic rings. The van der Waals surface area contributed by atoms with Crippen LogP contribution < -0.4 is 20.7 Å². The molecule has 132 valence electrons. The summed E-state index contributed by atoms with van der Waals surface area (Å²) in [5, 5.41) is 9.79. The minimum atomic E-state index is -3.32. The number of methoxy groups -OCH3 is 1. The van der Waals surface area contributed by atoms with Gasteiger partial charge in [-0.05, 0) is 60.6 Å². The van der Waals surface area contributed by atoms with E-state index < -0.39 is 9.84 Å². The van der Waals surface area contributed by atoms with Gasteiger partial charge < -0.3 is 20.7 Å². The first-order valence-corrected chi connectivity index (χ1v) is 10.00. The van der Waals surface area contributed by atoms with Crippen molar-refractivity contribution >= 4 is 44.2 Å². The van der Waals surface area contributed by atoms with Crippen LogP contribution in [-0.2, 0) is 16.3 Å². The van der Waals surface area contributed by atoms with Crippen LogP contribution in [0, 0.1) is 0 Å². The number of anilines is 3. The van der Waals surface area contributed by atoms with Gasteiger partial charge in [-0.2, -0.15) is 0 Å². The fraction of sp³-hybridized carbons (Fsp3) is 0.235. The number of nitrogens with one attached hydrogen (secondary N) is 3. The van der Waals surface area contributed by atoms with E-state index in [0.717, 1.165) is 30.6 Å². The molecule has 0 aromatic heterocycles. The molecular formula is C17H19N3O3S2. The molecule has 3 N–H and O–H groups in total. The lowest BCUT2D eigenvalue weighted by atomic mass is 10.1. The smallest absolute Gasteiger partial charge is 0.175 e. The van der Waals surface area contributed by atoms with Crippen LogP contribution >= 0.6 is 12.2 Å². The van der Waals surface area contributed by atoms with Crippen LogP contribution in [0.3, 0.4) is 0 Å². The van der Waals surface area contributed by atoms with E-state index in [1.807, 2.05) is 18.2 Å². The summed E-state index contributed by atoms with van der Waals surface area (Å²) in [6.45, 7) is 0.941. The molecule has 1 aliphatic heterocycles. The summed E-state index contributed by atoms with van der Waals surface area (Å²) < 4.78 is 28.8. The molecule has 0 atom stereocenters. The molecule has 0 saturated carbocycles. The highest BCUT2D eigenvalue weighted by molar-refractivity contribution is 7.90. The largest absolute Gasteiger partial charge is 0.495 e. The number of hydrogen-bond donors (Lipinski definition) is 3. The molecule has 0 bridgehead atoms. The van der Waals surface area contributed by atoms with Crippen molar-refractivity contribution in [2.24, 2.45) is 0 Å². The molecular weight excluding hydrogens is 358 g/mol. The Balaban J connectivity index is 1.78. The summed E-state index contributed by atoms with van der Waals surface area (Å²) in [6, 6.07) is 10.6. The summed E-state index contributed by atoms with van der Waals surface area (Å²) in [4.78, 5) is 0.196. The number of ether oxygens (including phenoxy) is 1. The third-order valence-corrected chi connectivity index (χ3v) is 5.23. The molecule has 0 spiro atoms. The van der Waals surface area contributed by atoms with Gasteiger partial charge in [0.25, 0.3) is 0 Å². The number of thiocarbonyl (C=S) groups is 1. The average Bonchev–Trinajstić information content (AvgIpc) is 3.01. The molecule has 0 fully saturated rings. The standard InChI is InChI=1S/C17H19N3O3S2/c1-23-16-6-4-13(25(2,21)22)10-15(16)20-17(24)19-12-3-5-14-11(9-12)7-8-18-14/h3-6,9-10,18H,7-8H2,1-2H3,(H2,19,20,24). The van der Waals surface area contributed by atoms with E-state index >= 15 is 0 Å². The minimum absolute atomic E-state index is 0.196. The molecule has 1 aliphatic rings. The number of sulfone groups is 1. The van der Waals surface area contributed by atoms with Gasteiger partial charge in [0.1, 0.15) is 5.75 Å².